The molecule has 0 bridgehead atoms. The quantitative estimate of drug-likeness (QED) is 0.874. The summed E-state index contributed by atoms with van der Waals surface area (Å²) in [7, 11) is 1.65. The maximum atomic E-state index is 12.0. The van der Waals surface area contributed by atoms with Crippen LogP contribution < -0.4 is 10.6 Å². The molecule has 0 spiro atoms. The number of hydrogen-bond donors (Lipinski definition) is 2. The van der Waals surface area contributed by atoms with Gasteiger partial charge in [0.1, 0.15) is 0 Å². The molecule has 1 saturated heterocycles. The maximum Gasteiger partial charge on any atom is 0.224 e. The molecule has 2 rings (SSSR count). The van der Waals surface area contributed by atoms with Crippen molar-refractivity contribution in [1.29, 1.82) is 0 Å². The van der Waals surface area contributed by atoms with Gasteiger partial charge in [-0.25, -0.2) is 0 Å². The van der Waals surface area contributed by atoms with Crippen LogP contribution in [-0.2, 0) is 16.1 Å². The lowest BCUT2D eigenvalue weighted by molar-refractivity contribution is -0.117. The third-order valence-corrected chi connectivity index (χ3v) is 4.06. The van der Waals surface area contributed by atoms with Crippen LogP contribution >= 0.6 is 15.9 Å². The zero-order chi connectivity index (χ0) is 13.7. The smallest absolute Gasteiger partial charge is 0.224 e. The standard InChI is InChI=1S/C14H19BrN2O2/c1-19-9-11-12(15)3-2-4-13(11)17-14(18)7-10-5-6-16-8-10/h2-4,10,16H,5-9H2,1H3,(H,17,18). The van der Waals surface area contributed by atoms with Gasteiger partial charge in [-0.3, -0.25) is 4.79 Å². The number of amides is 1. The predicted molar refractivity (Wildman–Crippen MR) is 79.1 cm³/mol. The normalized spacial score (nSPS) is 18.5. The van der Waals surface area contributed by atoms with Gasteiger partial charge >= 0.3 is 0 Å². The van der Waals surface area contributed by atoms with E-state index >= 15 is 0 Å². The summed E-state index contributed by atoms with van der Waals surface area (Å²) in [6, 6.07) is 5.77. The van der Waals surface area contributed by atoms with Crippen LogP contribution in [0.1, 0.15) is 18.4 Å². The number of methoxy groups -OCH3 is 1. The second-order valence-corrected chi connectivity index (χ2v) is 5.66. The Morgan fingerprint density at radius 1 is 1.58 bits per heavy atom. The van der Waals surface area contributed by atoms with Gasteiger partial charge in [0, 0.05) is 29.3 Å². The number of ether oxygens (including phenoxy) is 1. The predicted octanol–water partition coefficient (Wildman–Crippen LogP) is 2.53. The van der Waals surface area contributed by atoms with E-state index in [1.165, 1.54) is 0 Å². The van der Waals surface area contributed by atoms with Crippen molar-refractivity contribution in [2.24, 2.45) is 5.92 Å². The first-order valence-electron chi connectivity index (χ1n) is 6.47. The molecule has 19 heavy (non-hydrogen) atoms. The van der Waals surface area contributed by atoms with Crippen molar-refractivity contribution < 1.29 is 9.53 Å². The second-order valence-electron chi connectivity index (χ2n) is 4.81. The molecule has 1 aromatic carbocycles. The van der Waals surface area contributed by atoms with Gasteiger partial charge < -0.3 is 15.4 Å². The van der Waals surface area contributed by atoms with E-state index in [2.05, 4.69) is 26.6 Å². The molecular formula is C14H19BrN2O2. The van der Waals surface area contributed by atoms with E-state index in [9.17, 15) is 4.79 Å². The van der Waals surface area contributed by atoms with Crippen molar-refractivity contribution in [3.63, 3.8) is 0 Å². The molecule has 0 radical (unpaired) electrons. The highest BCUT2D eigenvalue weighted by molar-refractivity contribution is 9.10. The lowest BCUT2D eigenvalue weighted by atomic mass is 10.0. The van der Waals surface area contributed by atoms with Crippen molar-refractivity contribution in [2.45, 2.75) is 19.4 Å². The molecule has 0 aromatic heterocycles. The Kier molecular flexibility index (Phi) is 5.36. The minimum absolute atomic E-state index is 0.0733. The summed E-state index contributed by atoms with van der Waals surface area (Å²) >= 11 is 3.48. The van der Waals surface area contributed by atoms with Crippen molar-refractivity contribution >= 4 is 27.5 Å². The van der Waals surface area contributed by atoms with Gasteiger partial charge in [-0.05, 0) is 37.6 Å². The Morgan fingerprint density at radius 3 is 3.11 bits per heavy atom. The molecule has 1 aromatic rings. The molecule has 0 saturated carbocycles. The van der Waals surface area contributed by atoms with Crippen LogP contribution in [0.5, 0.6) is 0 Å². The molecule has 104 valence electrons. The number of rotatable bonds is 5. The van der Waals surface area contributed by atoms with Gasteiger partial charge in [0.05, 0.1) is 6.61 Å². The Morgan fingerprint density at radius 2 is 2.42 bits per heavy atom. The highest BCUT2D eigenvalue weighted by Crippen LogP contribution is 2.26. The first-order chi connectivity index (χ1) is 9.20. The van der Waals surface area contributed by atoms with E-state index in [0.717, 1.165) is 35.2 Å². The van der Waals surface area contributed by atoms with E-state index in [4.69, 9.17) is 4.74 Å². The Balaban J connectivity index is 2.01. The number of benzene rings is 1. The summed E-state index contributed by atoms with van der Waals surface area (Å²) in [6.07, 6.45) is 1.66. The molecule has 1 fully saturated rings. The van der Waals surface area contributed by atoms with Crippen molar-refractivity contribution in [3.05, 3.63) is 28.2 Å². The minimum Gasteiger partial charge on any atom is -0.380 e. The highest BCUT2D eigenvalue weighted by atomic mass is 79.9. The summed E-state index contributed by atoms with van der Waals surface area (Å²) in [6.45, 7) is 2.43. The zero-order valence-corrected chi connectivity index (χ0v) is 12.6. The van der Waals surface area contributed by atoms with Gasteiger partial charge in [0.2, 0.25) is 5.91 Å². The molecule has 1 aliphatic rings. The average molecular weight is 327 g/mol. The van der Waals surface area contributed by atoms with Gasteiger partial charge in [-0.15, -0.1) is 0 Å². The highest BCUT2D eigenvalue weighted by Gasteiger charge is 2.18. The van der Waals surface area contributed by atoms with Crippen LogP contribution in [0.25, 0.3) is 0 Å². The van der Waals surface area contributed by atoms with Gasteiger partial charge in [-0.2, -0.15) is 0 Å². The molecule has 1 unspecified atom stereocenters. The van der Waals surface area contributed by atoms with Gasteiger partial charge in [0.25, 0.3) is 0 Å². The van der Waals surface area contributed by atoms with E-state index in [-0.39, 0.29) is 5.91 Å². The van der Waals surface area contributed by atoms with Crippen LogP contribution in [0.2, 0.25) is 0 Å². The molecule has 0 aliphatic carbocycles. The summed E-state index contributed by atoms with van der Waals surface area (Å²) < 4.78 is 6.13. The second kappa shape index (κ2) is 7.03. The molecule has 1 atom stereocenters. The molecule has 4 nitrogen and oxygen atoms in total. The number of carbonyl (C=O) groups excluding carboxylic acids is 1. The SMILES string of the molecule is COCc1c(Br)cccc1NC(=O)CC1CCNC1. The van der Waals surface area contributed by atoms with E-state index in [1.807, 2.05) is 18.2 Å². The van der Waals surface area contributed by atoms with Crippen molar-refractivity contribution in [2.75, 3.05) is 25.5 Å². The van der Waals surface area contributed by atoms with Crippen LogP contribution in [0, 0.1) is 5.92 Å². The summed E-state index contributed by atoms with van der Waals surface area (Å²) in [5.74, 6) is 0.530. The lowest BCUT2D eigenvalue weighted by Crippen LogP contribution is -2.19. The third-order valence-electron chi connectivity index (χ3n) is 3.32. The average Bonchev–Trinajstić information content (AvgIpc) is 2.86. The molecule has 5 heteroatoms. The fourth-order valence-electron chi connectivity index (χ4n) is 2.32. The Hall–Kier alpha value is -0.910. The number of halogens is 1. The van der Waals surface area contributed by atoms with Crippen LogP contribution in [-0.4, -0.2) is 26.1 Å². The summed E-state index contributed by atoms with van der Waals surface area (Å²) in [5, 5.41) is 6.26. The number of anilines is 1. The fraction of sp³-hybridized carbons (Fsp3) is 0.500. The first kappa shape index (κ1) is 14.5. The van der Waals surface area contributed by atoms with Crippen LogP contribution in [0.15, 0.2) is 22.7 Å². The summed E-state index contributed by atoms with van der Waals surface area (Å²) in [4.78, 5) is 12.0. The molecular weight excluding hydrogens is 308 g/mol. The lowest BCUT2D eigenvalue weighted by Gasteiger charge is -2.13. The van der Waals surface area contributed by atoms with E-state index in [0.29, 0.717) is 18.9 Å². The number of carbonyl (C=O) groups is 1. The van der Waals surface area contributed by atoms with Gasteiger partial charge in [-0.1, -0.05) is 22.0 Å². The van der Waals surface area contributed by atoms with Gasteiger partial charge in [0.15, 0.2) is 0 Å². The Labute approximate surface area is 122 Å². The molecule has 1 amide bonds. The van der Waals surface area contributed by atoms with Crippen molar-refractivity contribution in [1.82, 2.24) is 5.32 Å². The topological polar surface area (TPSA) is 50.4 Å². The maximum absolute atomic E-state index is 12.0. The largest absolute Gasteiger partial charge is 0.380 e. The van der Waals surface area contributed by atoms with Crippen LogP contribution in [0.3, 0.4) is 0 Å². The fourth-order valence-corrected chi connectivity index (χ4v) is 2.80. The number of hydrogen-bond acceptors (Lipinski definition) is 3. The Bertz CT molecular complexity index is 445. The molecule has 1 aliphatic heterocycles. The molecule has 1 heterocycles. The first-order valence-corrected chi connectivity index (χ1v) is 7.27. The molecule has 2 N–H and O–H groups in total. The minimum atomic E-state index is 0.0733. The zero-order valence-electron chi connectivity index (χ0n) is 11.0. The van der Waals surface area contributed by atoms with Crippen LogP contribution in [0.4, 0.5) is 5.69 Å². The van der Waals surface area contributed by atoms with E-state index < -0.39 is 0 Å². The van der Waals surface area contributed by atoms with Crippen molar-refractivity contribution in [3.8, 4) is 0 Å². The number of nitrogens with one attached hydrogen (secondary N) is 2. The third kappa shape index (κ3) is 4.03. The summed E-state index contributed by atoms with van der Waals surface area (Å²) in [5.41, 5.74) is 1.80. The van der Waals surface area contributed by atoms with E-state index in [1.54, 1.807) is 7.11 Å². The monoisotopic (exact) mass is 326 g/mol.